The summed E-state index contributed by atoms with van der Waals surface area (Å²) in [5.74, 6) is -0.938. The van der Waals surface area contributed by atoms with Crippen molar-refractivity contribution in [2.24, 2.45) is 0 Å². The van der Waals surface area contributed by atoms with E-state index in [0.717, 1.165) is 22.2 Å². The van der Waals surface area contributed by atoms with Crippen LogP contribution in [0.2, 0.25) is 0 Å². The molecule has 1 saturated heterocycles. The zero-order valence-electron chi connectivity index (χ0n) is 20.1. The first-order valence-corrected chi connectivity index (χ1v) is 12.6. The van der Waals surface area contributed by atoms with Crippen molar-refractivity contribution < 1.29 is 33.4 Å². The molecule has 0 radical (unpaired) electrons. The summed E-state index contributed by atoms with van der Waals surface area (Å²) in [5, 5.41) is 2.20. The highest BCUT2D eigenvalue weighted by Gasteiger charge is 2.41. The monoisotopic (exact) mass is 576 g/mol. The van der Waals surface area contributed by atoms with E-state index in [1.165, 1.54) is 20.1 Å². The van der Waals surface area contributed by atoms with Gasteiger partial charge in [0, 0.05) is 10.2 Å². The van der Waals surface area contributed by atoms with Crippen molar-refractivity contribution in [3.63, 3.8) is 0 Å². The van der Waals surface area contributed by atoms with Crippen LogP contribution < -0.4 is 14.8 Å². The number of rotatable bonds is 9. The minimum absolute atomic E-state index is 0.144. The normalized spacial score (nSPS) is 15.1. The number of esters is 1. The van der Waals surface area contributed by atoms with Crippen LogP contribution in [0.3, 0.4) is 0 Å². The first kappa shape index (κ1) is 27.3. The van der Waals surface area contributed by atoms with Gasteiger partial charge in [0.2, 0.25) is 0 Å². The van der Waals surface area contributed by atoms with Crippen molar-refractivity contribution in [2.75, 3.05) is 25.6 Å². The number of nitrogens with zero attached hydrogens (tertiary/aromatic N) is 1. The van der Waals surface area contributed by atoms with Gasteiger partial charge >= 0.3 is 5.97 Å². The van der Waals surface area contributed by atoms with Crippen LogP contribution in [0.5, 0.6) is 11.5 Å². The number of benzene rings is 2. The first-order chi connectivity index (χ1) is 17.1. The number of halogens is 1. The second kappa shape index (κ2) is 12.1. The van der Waals surface area contributed by atoms with E-state index in [1.54, 1.807) is 31.2 Å². The van der Waals surface area contributed by atoms with E-state index < -0.39 is 23.2 Å². The van der Waals surface area contributed by atoms with Crippen molar-refractivity contribution in [1.82, 2.24) is 4.90 Å². The Hall–Kier alpha value is -3.31. The standard InChI is InChI=1S/C25H25BrN2O7S/c1-5-34-19-10-16(11-21-23(30)28(25(32)36-21)15(3)24(31)33-4)18(26)12-20(19)35-13-22(29)27-17-8-6-14(2)7-9-17/h6-12,15H,5,13H2,1-4H3,(H,27,29)/b21-11+/t15-/m0/s1. The number of carbonyl (C=O) groups excluding carboxylic acids is 4. The molecular formula is C25H25BrN2O7S. The lowest BCUT2D eigenvalue weighted by molar-refractivity contribution is -0.148. The van der Waals surface area contributed by atoms with Gasteiger partial charge in [-0.05, 0) is 68.4 Å². The summed E-state index contributed by atoms with van der Waals surface area (Å²) in [5.41, 5.74) is 2.29. The Morgan fingerprint density at radius 2 is 1.81 bits per heavy atom. The Morgan fingerprint density at radius 3 is 2.44 bits per heavy atom. The summed E-state index contributed by atoms with van der Waals surface area (Å²) in [4.78, 5) is 50.4. The summed E-state index contributed by atoms with van der Waals surface area (Å²) in [7, 11) is 1.19. The Bertz CT molecular complexity index is 1210. The Morgan fingerprint density at radius 1 is 1.14 bits per heavy atom. The number of hydrogen-bond acceptors (Lipinski definition) is 8. The van der Waals surface area contributed by atoms with Gasteiger partial charge in [0.1, 0.15) is 6.04 Å². The van der Waals surface area contributed by atoms with Gasteiger partial charge in [-0.3, -0.25) is 19.3 Å². The molecule has 0 spiro atoms. The molecule has 2 aromatic carbocycles. The minimum atomic E-state index is -1.04. The van der Waals surface area contributed by atoms with Crippen molar-refractivity contribution in [1.29, 1.82) is 0 Å². The highest BCUT2D eigenvalue weighted by atomic mass is 79.9. The highest BCUT2D eigenvalue weighted by molar-refractivity contribution is 9.10. The fourth-order valence-electron chi connectivity index (χ4n) is 3.25. The van der Waals surface area contributed by atoms with Gasteiger partial charge in [-0.15, -0.1) is 0 Å². The van der Waals surface area contributed by atoms with Crippen molar-refractivity contribution in [3.05, 3.63) is 56.9 Å². The summed E-state index contributed by atoms with van der Waals surface area (Å²) >= 11 is 4.17. The molecule has 9 nitrogen and oxygen atoms in total. The maximum absolute atomic E-state index is 12.8. The lowest BCUT2D eigenvalue weighted by atomic mass is 10.1. The number of anilines is 1. The molecule has 1 atom stereocenters. The molecule has 0 aromatic heterocycles. The maximum Gasteiger partial charge on any atom is 0.328 e. The van der Waals surface area contributed by atoms with Gasteiger partial charge in [0.25, 0.3) is 17.1 Å². The van der Waals surface area contributed by atoms with Crippen LogP contribution in [0.4, 0.5) is 10.5 Å². The number of amides is 3. The van der Waals surface area contributed by atoms with Crippen molar-refractivity contribution in [2.45, 2.75) is 26.8 Å². The van der Waals surface area contributed by atoms with Gasteiger partial charge in [-0.1, -0.05) is 33.6 Å². The fourth-order valence-corrected chi connectivity index (χ4v) is 4.59. The molecule has 1 heterocycles. The van der Waals surface area contributed by atoms with Crippen molar-refractivity contribution in [3.8, 4) is 11.5 Å². The highest BCUT2D eigenvalue weighted by Crippen LogP contribution is 2.38. The van der Waals surface area contributed by atoms with Gasteiger partial charge in [-0.25, -0.2) is 4.79 Å². The molecule has 0 saturated carbocycles. The van der Waals surface area contributed by atoms with Crippen LogP contribution >= 0.6 is 27.7 Å². The Labute approximate surface area is 221 Å². The van der Waals surface area contributed by atoms with E-state index in [0.29, 0.717) is 33.8 Å². The Kier molecular flexibility index (Phi) is 9.16. The third-order valence-electron chi connectivity index (χ3n) is 5.10. The van der Waals surface area contributed by atoms with Gasteiger partial charge < -0.3 is 19.5 Å². The third-order valence-corrected chi connectivity index (χ3v) is 6.67. The number of methoxy groups -OCH3 is 1. The molecule has 0 aliphatic carbocycles. The molecule has 11 heteroatoms. The molecule has 1 aliphatic heterocycles. The molecule has 1 aliphatic rings. The summed E-state index contributed by atoms with van der Waals surface area (Å²) in [6.07, 6.45) is 1.52. The van der Waals surface area contributed by atoms with Crippen LogP contribution in [0.1, 0.15) is 25.0 Å². The van der Waals surface area contributed by atoms with E-state index >= 15 is 0 Å². The number of ether oxygens (including phenoxy) is 3. The summed E-state index contributed by atoms with van der Waals surface area (Å²) in [6, 6.07) is 9.61. The van der Waals surface area contributed by atoms with Crippen LogP contribution in [0, 0.1) is 6.92 Å². The molecule has 1 fully saturated rings. The van der Waals surface area contributed by atoms with Crippen LogP contribution in [-0.4, -0.2) is 54.3 Å². The molecule has 1 N–H and O–H groups in total. The predicted octanol–water partition coefficient (Wildman–Crippen LogP) is 4.77. The predicted molar refractivity (Wildman–Crippen MR) is 140 cm³/mol. The number of imide groups is 1. The van der Waals surface area contributed by atoms with Gasteiger partial charge in [0.05, 0.1) is 18.6 Å². The number of aryl methyl sites for hydroxylation is 1. The average Bonchev–Trinajstić information content (AvgIpc) is 3.13. The number of nitrogens with one attached hydrogen (secondary N) is 1. The second-order valence-corrected chi connectivity index (χ2v) is 9.55. The van der Waals surface area contributed by atoms with Crippen LogP contribution in [-0.2, 0) is 19.1 Å². The molecule has 2 aromatic rings. The van der Waals surface area contributed by atoms with Crippen LogP contribution in [0.15, 0.2) is 45.8 Å². The molecule has 3 rings (SSSR count). The zero-order valence-corrected chi connectivity index (χ0v) is 22.5. The quantitative estimate of drug-likeness (QED) is 0.335. The van der Waals surface area contributed by atoms with Crippen LogP contribution in [0.25, 0.3) is 6.08 Å². The molecular weight excluding hydrogens is 552 g/mol. The fraction of sp³-hybridized carbons (Fsp3) is 0.280. The molecule has 36 heavy (non-hydrogen) atoms. The third kappa shape index (κ3) is 6.46. The summed E-state index contributed by atoms with van der Waals surface area (Å²) < 4.78 is 16.6. The molecule has 190 valence electrons. The molecule has 3 amide bonds. The average molecular weight is 577 g/mol. The minimum Gasteiger partial charge on any atom is -0.490 e. The van der Waals surface area contributed by atoms with Gasteiger partial charge in [-0.2, -0.15) is 0 Å². The lowest BCUT2D eigenvalue weighted by Gasteiger charge is -2.18. The van der Waals surface area contributed by atoms with E-state index in [9.17, 15) is 19.2 Å². The Balaban J connectivity index is 1.78. The number of hydrogen-bond donors (Lipinski definition) is 1. The first-order valence-electron chi connectivity index (χ1n) is 10.9. The number of thioether (sulfide) groups is 1. The van der Waals surface area contributed by atoms with E-state index in [-0.39, 0.29) is 17.4 Å². The topological polar surface area (TPSA) is 111 Å². The second-order valence-electron chi connectivity index (χ2n) is 7.71. The van der Waals surface area contributed by atoms with Crippen molar-refractivity contribution >= 4 is 62.5 Å². The van der Waals surface area contributed by atoms with E-state index in [1.807, 2.05) is 19.1 Å². The smallest absolute Gasteiger partial charge is 0.328 e. The zero-order chi connectivity index (χ0) is 26.4. The summed E-state index contributed by atoms with van der Waals surface area (Å²) in [6.45, 7) is 5.27. The number of carbonyl (C=O) groups is 4. The lowest BCUT2D eigenvalue weighted by Crippen LogP contribution is -2.42. The van der Waals surface area contributed by atoms with Gasteiger partial charge in [0.15, 0.2) is 18.1 Å². The van der Waals surface area contributed by atoms with E-state index in [4.69, 9.17) is 9.47 Å². The molecule has 0 unspecified atom stereocenters. The SMILES string of the molecule is CCOc1cc(/C=C2/SC(=O)N([C@@H](C)C(=O)OC)C2=O)c(Br)cc1OCC(=O)Nc1ccc(C)cc1. The largest absolute Gasteiger partial charge is 0.490 e. The maximum atomic E-state index is 12.8. The van der Waals surface area contributed by atoms with E-state index in [2.05, 4.69) is 26.0 Å². The molecule has 0 bridgehead atoms.